The predicted octanol–water partition coefficient (Wildman–Crippen LogP) is 0.254. The fourth-order valence-corrected chi connectivity index (χ4v) is 2.02. The van der Waals surface area contributed by atoms with E-state index < -0.39 is 5.91 Å². The summed E-state index contributed by atoms with van der Waals surface area (Å²) in [7, 11) is 3.10. The van der Waals surface area contributed by atoms with Crippen LogP contribution in [0.4, 0.5) is 5.13 Å². The Morgan fingerprint density at radius 2 is 2.30 bits per heavy atom. The van der Waals surface area contributed by atoms with Gasteiger partial charge in [-0.25, -0.2) is 4.98 Å². The molecule has 20 heavy (non-hydrogen) atoms. The van der Waals surface area contributed by atoms with Gasteiger partial charge < -0.3 is 15.4 Å². The van der Waals surface area contributed by atoms with E-state index in [0.29, 0.717) is 5.13 Å². The molecule has 0 atom stereocenters. The predicted molar refractivity (Wildman–Crippen MR) is 72.8 cm³/mol. The fourth-order valence-electron chi connectivity index (χ4n) is 1.48. The summed E-state index contributed by atoms with van der Waals surface area (Å²) in [5.41, 5.74) is 0.275. The van der Waals surface area contributed by atoms with Crippen LogP contribution in [0.1, 0.15) is 10.4 Å². The molecule has 2 N–H and O–H groups in total. The summed E-state index contributed by atoms with van der Waals surface area (Å²) in [5.74, 6) is -0.564. The van der Waals surface area contributed by atoms with Crippen LogP contribution >= 0.6 is 11.3 Å². The smallest absolute Gasteiger partial charge is 0.258 e. The van der Waals surface area contributed by atoms with Gasteiger partial charge in [0.05, 0.1) is 13.7 Å². The Morgan fingerprint density at radius 3 is 2.95 bits per heavy atom. The number of thiazole rings is 1. The second kappa shape index (κ2) is 6.15. The van der Waals surface area contributed by atoms with Gasteiger partial charge in [0.2, 0.25) is 11.8 Å². The number of methoxy groups -OCH3 is 1. The van der Waals surface area contributed by atoms with E-state index in [1.807, 2.05) is 0 Å². The van der Waals surface area contributed by atoms with Crippen LogP contribution in [0.15, 0.2) is 17.8 Å². The summed E-state index contributed by atoms with van der Waals surface area (Å²) < 4.78 is 6.44. The third-order valence-corrected chi connectivity index (χ3v) is 3.01. The first-order chi connectivity index (χ1) is 9.60. The van der Waals surface area contributed by atoms with Crippen molar-refractivity contribution in [2.45, 2.75) is 0 Å². The zero-order chi connectivity index (χ0) is 14.5. The average Bonchev–Trinajstić information content (AvgIpc) is 3.05. The first-order valence-electron chi connectivity index (χ1n) is 5.65. The molecule has 0 aromatic carbocycles. The summed E-state index contributed by atoms with van der Waals surface area (Å²) in [6.07, 6.45) is 3.10. The van der Waals surface area contributed by atoms with E-state index in [4.69, 9.17) is 4.74 Å². The SMILES string of the molecule is COc1nn(C)cc1C(=O)NCC(=O)Nc1nccs1. The molecule has 0 radical (unpaired) electrons. The number of carbonyl (C=O) groups is 2. The number of carbonyl (C=O) groups excluding carboxylic acids is 2. The van der Waals surface area contributed by atoms with Crippen LogP contribution in [-0.2, 0) is 11.8 Å². The highest BCUT2D eigenvalue weighted by Gasteiger charge is 2.17. The van der Waals surface area contributed by atoms with Gasteiger partial charge in [0, 0.05) is 24.8 Å². The summed E-state index contributed by atoms with van der Waals surface area (Å²) in [4.78, 5) is 27.4. The molecule has 0 unspecified atom stereocenters. The number of nitrogens with zero attached hydrogens (tertiary/aromatic N) is 3. The van der Waals surface area contributed by atoms with Gasteiger partial charge in [-0.05, 0) is 0 Å². The number of hydrogen-bond donors (Lipinski definition) is 2. The minimum Gasteiger partial charge on any atom is -0.479 e. The van der Waals surface area contributed by atoms with E-state index in [9.17, 15) is 9.59 Å². The Kier molecular flexibility index (Phi) is 4.31. The average molecular weight is 295 g/mol. The number of aromatic nitrogens is 3. The molecule has 0 aliphatic rings. The van der Waals surface area contributed by atoms with Crippen molar-refractivity contribution in [1.82, 2.24) is 20.1 Å². The summed E-state index contributed by atoms with van der Waals surface area (Å²) in [5, 5.41) is 11.3. The first-order valence-corrected chi connectivity index (χ1v) is 6.53. The van der Waals surface area contributed by atoms with Crippen LogP contribution in [-0.4, -0.2) is 40.2 Å². The van der Waals surface area contributed by atoms with Gasteiger partial charge in [-0.15, -0.1) is 16.4 Å². The van der Waals surface area contributed by atoms with E-state index >= 15 is 0 Å². The molecule has 0 bridgehead atoms. The Morgan fingerprint density at radius 1 is 1.50 bits per heavy atom. The number of nitrogens with one attached hydrogen (secondary N) is 2. The number of amides is 2. The molecule has 9 heteroatoms. The lowest BCUT2D eigenvalue weighted by Crippen LogP contribution is -2.32. The number of ether oxygens (including phenoxy) is 1. The molecule has 0 aliphatic heterocycles. The van der Waals surface area contributed by atoms with Crippen molar-refractivity contribution in [2.24, 2.45) is 7.05 Å². The largest absolute Gasteiger partial charge is 0.479 e. The highest BCUT2D eigenvalue weighted by Crippen LogP contribution is 2.14. The van der Waals surface area contributed by atoms with Crippen LogP contribution in [0.25, 0.3) is 0 Å². The summed E-state index contributed by atoms with van der Waals surface area (Å²) >= 11 is 1.30. The van der Waals surface area contributed by atoms with E-state index in [2.05, 4.69) is 20.7 Å². The quantitative estimate of drug-likeness (QED) is 0.824. The van der Waals surface area contributed by atoms with Crippen LogP contribution in [0.2, 0.25) is 0 Å². The molecule has 0 saturated heterocycles. The van der Waals surface area contributed by atoms with E-state index in [1.54, 1.807) is 18.6 Å². The van der Waals surface area contributed by atoms with Crippen molar-refractivity contribution < 1.29 is 14.3 Å². The molecular weight excluding hydrogens is 282 g/mol. The normalized spacial score (nSPS) is 10.1. The number of aryl methyl sites for hydroxylation is 1. The molecule has 2 heterocycles. The van der Waals surface area contributed by atoms with Gasteiger partial charge in [0.25, 0.3) is 5.91 Å². The maximum Gasteiger partial charge on any atom is 0.258 e. The Balaban J connectivity index is 1.90. The second-order valence-electron chi connectivity index (χ2n) is 3.79. The summed E-state index contributed by atoms with van der Waals surface area (Å²) in [6.45, 7) is -0.156. The molecular formula is C11H13N5O3S. The van der Waals surface area contributed by atoms with Gasteiger partial charge in [-0.3, -0.25) is 14.3 Å². The third-order valence-electron chi connectivity index (χ3n) is 2.32. The molecule has 2 aromatic heterocycles. The fraction of sp³-hybridized carbons (Fsp3) is 0.273. The minimum absolute atomic E-state index is 0.156. The summed E-state index contributed by atoms with van der Waals surface area (Å²) in [6, 6.07) is 0. The molecule has 0 spiro atoms. The van der Waals surface area contributed by atoms with Crippen molar-refractivity contribution in [1.29, 1.82) is 0 Å². The molecule has 106 valence electrons. The van der Waals surface area contributed by atoms with Crippen molar-refractivity contribution in [3.63, 3.8) is 0 Å². The lowest BCUT2D eigenvalue weighted by atomic mass is 10.3. The van der Waals surface area contributed by atoms with Crippen molar-refractivity contribution in [3.8, 4) is 5.88 Å². The molecule has 2 aromatic rings. The van der Waals surface area contributed by atoms with Crippen LogP contribution < -0.4 is 15.4 Å². The lowest BCUT2D eigenvalue weighted by Gasteiger charge is -2.04. The molecule has 0 saturated carbocycles. The van der Waals surface area contributed by atoms with E-state index in [0.717, 1.165) is 0 Å². The zero-order valence-corrected chi connectivity index (χ0v) is 11.7. The van der Waals surface area contributed by atoms with E-state index in [1.165, 1.54) is 29.3 Å². The van der Waals surface area contributed by atoms with Crippen molar-refractivity contribution in [2.75, 3.05) is 19.0 Å². The number of hydrogen-bond acceptors (Lipinski definition) is 6. The van der Waals surface area contributed by atoms with Crippen LogP contribution in [0.3, 0.4) is 0 Å². The maximum absolute atomic E-state index is 11.9. The Hall–Kier alpha value is -2.42. The van der Waals surface area contributed by atoms with Crippen molar-refractivity contribution >= 4 is 28.3 Å². The van der Waals surface area contributed by atoms with E-state index in [-0.39, 0.29) is 23.9 Å². The molecule has 2 rings (SSSR count). The van der Waals surface area contributed by atoms with Crippen molar-refractivity contribution in [3.05, 3.63) is 23.3 Å². The standard InChI is InChI=1S/C11H13N5O3S/c1-16-6-7(10(15-16)19-2)9(18)13-5-8(17)14-11-12-3-4-20-11/h3-4,6H,5H2,1-2H3,(H,13,18)(H,12,14,17). The highest BCUT2D eigenvalue weighted by molar-refractivity contribution is 7.13. The zero-order valence-electron chi connectivity index (χ0n) is 10.9. The second-order valence-corrected chi connectivity index (χ2v) is 4.69. The lowest BCUT2D eigenvalue weighted by molar-refractivity contribution is -0.115. The monoisotopic (exact) mass is 295 g/mol. The molecule has 0 fully saturated rings. The third kappa shape index (κ3) is 3.32. The van der Waals surface area contributed by atoms with Crippen LogP contribution in [0.5, 0.6) is 5.88 Å². The number of rotatable bonds is 5. The first kappa shape index (κ1) is 14.0. The van der Waals surface area contributed by atoms with Crippen LogP contribution in [0, 0.1) is 0 Å². The number of anilines is 1. The molecule has 8 nitrogen and oxygen atoms in total. The van der Waals surface area contributed by atoms with Gasteiger partial charge in [-0.2, -0.15) is 0 Å². The van der Waals surface area contributed by atoms with Gasteiger partial charge in [0.1, 0.15) is 5.56 Å². The van der Waals surface area contributed by atoms with Gasteiger partial charge >= 0.3 is 0 Å². The highest BCUT2D eigenvalue weighted by atomic mass is 32.1. The Labute approximate surface area is 118 Å². The minimum atomic E-state index is -0.427. The maximum atomic E-state index is 11.9. The molecule has 0 aliphatic carbocycles. The topological polar surface area (TPSA) is 98.1 Å². The van der Waals surface area contributed by atoms with Gasteiger partial charge in [-0.1, -0.05) is 0 Å². The molecule has 2 amide bonds. The Bertz CT molecular complexity index is 608. The van der Waals surface area contributed by atoms with Gasteiger partial charge in [0.15, 0.2) is 5.13 Å².